The second kappa shape index (κ2) is 12.2. The van der Waals surface area contributed by atoms with Crippen molar-refractivity contribution in [3.05, 3.63) is 66.0 Å². The largest absolute Gasteiger partial charge is 0.381 e. The number of benzene rings is 1. The van der Waals surface area contributed by atoms with Crippen LogP contribution in [0.25, 0.3) is 0 Å². The molecular formula is C26H28F2N4O4. The minimum absolute atomic E-state index is 0.0239. The zero-order valence-corrected chi connectivity index (χ0v) is 19.6. The Labute approximate surface area is 208 Å². The number of nitrogens with zero attached hydrogens (tertiary/aromatic N) is 2. The van der Waals surface area contributed by atoms with Crippen LogP contribution in [0.1, 0.15) is 30.4 Å². The predicted molar refractivity (Wildman–Crippen MR) is 127 cm³/mol. The van der Waals surface area contributed by atoms with E-state index in [-0.39, 0.29) is 25.8 Å². The van der Waals surface area contributed by atoms with E-state index in [1.54, 1.807) is 48.7 Å². The Bertz CT molecular complexity index is 1090. The van der Waals surface area contributed by atoms with Crippen molar-refractivity contribution >= 4 is 17.7 Å². The summed E-state index contributed by atoms with van der Waals surface area (Å²) >= 11 is 0. The number of aliphatic hydroxyl groups excluding tert-OH is 1. The lowest BCUT2D eigenvalue weighted by atomic mass is 9.99. The van der Waals surface area contributed by atoms with Crippen LogP contribution in [0.2, 0.25) is 0 Å². The van der Waals surface area contributed by atoms with Crippen LogP contribution < -0.4 is 10.6 Å². The molecule has 1 aliphatic heterocycles. The van der Waals surface area contributed by atoms with Crippen LogP contribution in [-0.4, -0.2) is 63.4 Å². The Morgan fingerprint density at radius 1 is 1.19 bits per heavy atom. The quantitative estimate of drug-likeness (QED) is 0.430. The number of hydrogen-bond donors (Lipinski definition) is 3. The highest BCUT2D eigenvalue weighted by Gasteiger charge is 2.51. The molecule has 3 N–H and O–H groups in total. The number of hydrogen-bond acceptors (Lipinski definition) is 5. The van der Waals surface area contributed by atoms with Crippen molar-refractivity contribution in [1.82, 2.24) is 20.5 Å². The minimum Gasteiger partial charge on any atom is -0.381 e. The Kier molecular flexibility index (Phi) is 9.08. The predicted octanol–water partition coefficient (Wildman–Crippen LogP) is 1.44. The third-order valence-electron chi connectivity index (χ3n) is 5.82. The van der Waals surface area contributed by atoms with Crippen LogP contribution in [0.15, 0.2) is 54.9 Å². The lowest BCUT2D eigenvalue weighted by molar-refractivity contribution is -0.147. The molecule has 0 aliphatic carbocycles. The summed E-state index contributed by atoms with van der Waals surface area (Å²) in [7, 11) is 0. The summed E-state index contributed by atoms with van der Waals surface area (Å²) in [4.78, 5) is 42.9. The fraction of sp³-hybridized carbons (Fsp3) is 0.385. The summed E-state index contributed by atoms with van der Waals surface area (Å²) in [6.45, 7) is -0.974. The number of pyridine rings is 1. The fourth-order valence-electron chi connectivity index (χ4n) is 4.01. The number of rotatable bonds is 10. The number of aromatic nitrogens is 1. The average Bonchev–Trinajstić information content (AvgIpc) is 3.21. The van der Waals surface area contributed by atoms with Gasteiger partial charge in [0.05, 0.1) is 12.6 Å². The number of carbonyl (C=O) groups excluding carboxylic acids is 3. The molecule has 1 saturated heterocycles. The van der Waals surface area contributed by atoms with Crippen LogP contribution in [-0.2, 0) is 27.3 Å². The topological polar surface area (TPSA) is 112 Å². The van der Waals surface area contributed by atoms with Crippen molar-refractivity contribution in [2.45, 2.75) is 56.3 Å². The van der Waals surface area contributed by atoms with Crippen molar-refractivity contribution in [3.63, 3.8) is 0 Å². The summed E-state index contributed by atoms with van der Waals surface area (Å²) in [5, 5.41) is 16.1. The van der Waals surface area contributed by atoms with Gasteiger partial charge < -0.3 is 20.6 Å². The lowest BCUT2D eigenvalue weighted by Gasteiger charge is -2.30. The second-order valence-electron chi connectivity index (χ2n) is 8.63. The van der Waals surface area contributed by atoms with E-state index in [0.717, 1.165) is 0 Å². The number of amides is 3. The highest BCUT2D eigenvalue weighted by molar-refractivity contribution is 5.91. The monoisotopic (exact) mass is 498 g/mol. The number of halogens is 2. The van der Waals surface area contributed by atoms with Crippen molar-refractivity contribution in [3.8, 4) is 12.3 Å². The molecule has 0 saturated carbocycles. The molecule has 1 aromatic heterocycles. The molecule has 3 unspecified atom stereocenters. The molecular weight excluding hydrogens is 470 g/mol. The van der Waals surface area contributed by atoms with Crippen molar-refractivity contribution in [2.75, 3.05) is 6.54 Å². The molecule has 190 valence electrons. The number of likely N-dealkylation sites (tertiary alicyclic amines) is 1. The van der Waals surface area contributed by atoms with Gasteiger partial charge >= 0.3 is 0 Å². The summed E-state index contributed by atoms with van der Waals surface area (Å²) in [6, 6.07) is 9.57. The minimum atomic E-state index is -3.31. The van der Waals surface area contributed by atoms with Crippen LogP contribution in [0, 0.1) is 12.3 Å². The van der Waals surface area contributed by atoms with E-state index in [4.69, 9.17) is 6.42 Å². The molecule has 2 heterocycles. The van der Waals surface area contributed by atoms with Gasteiger partial charge in [0.1, 0.15) is 6.04 Å². The standard InChI is InChI=1S/C26H28F2N4O4/c1-2-3-11-22(33)31-20(13-18-8-5-4-6-9-18)23(34)25(36)32-17-26(27,28)14-21(32)24(35)30-16-19-10-7-12-29-15-19/h1,4-10,12,15,20-21,23,34H,3,11,13-14,16-17H2,(H,30,35)(H,31,33). The lowest BCUT2D eigenvalue weighted by Crippen LogP contribution is -2.55. The van der Waals surface area contributed by atoms with E-state index >= 15 is 0 Å². The number of aliphatic hydroxyl groups is 1. The number of alkyl halides is 2. The van der Waals surface area contributed by atoms with Crippen molar-refractivity contribution in [1.29, 1.82) is 0 Å². The molecule has 0 bridgehead atoms. The second-order valence-corrected chi connectivity index (χ2v) is 8.63. The Morgan fingerprint density at radius 2 is 1.92 bits per heavy atom. The molecule has 1 aliphatic rings. The summed E-state index contributed by atoms with van der Waals surface area (Å²) < 4.78 is 28.7. The molecule has 2 aromatic rings. The van der Waals surface area contributed by atoms with E-state index < -0.39 is 54.8 Å². The van der Waals surface area contributed by atoms with Crippen LogP contribution in [0.5, 0.6) is 0 Å². The van der Waals surface area contributed by atoms with E-state index in [2.05, 4.69) is 21.5 Å². The summed E-state index contributed by atoms with van der Waals surface area (Å²) in [6.07, 6.45) is 5.75. The highest BCUT2D eigenvalue weighted by Crippen LogP contribution is 2.33. The van der Waals surface area contributed by atoms with Gasteiger partial charge in [0, 0.05) is 38.2 Å². The van der Waals surface area contributed by atoms with E-state index in [0.29, 0.717) is 16.0 Å². The van der Waals surface area contributed by atoms with Gasteiger partial charge in [0.25, 0.3) is 11.8 Å². The van der Waals surface area contributed by atoms with Gasteiger partial charge in [-0.05, 0) is 23.6 Å². The fourth-order valence-corrected chi connectivity index (χ4v) is 4.01. The molecule has 8 nitrogen and oxygen atoms in total. The molecule has 0 radical (unpaired) electrons. The summed E-state index contributed by atoms with van der Waals surface area (Å²) in [5.74, 6) is -3.29. The van der Waals surface area contributed by atoms with Crippen LogP contribution >= 0.6 is 0 Å². The van der Waals surface area contributed by atoms with Crippen LogP contribution in [0.3, 0.4) is 0 Å². The van der Waals surface area contributed by atoms with Gasteiger partial charge in [-0.1, -0.05) is 36.4 Å². The van der Waals surface area contributed by atoms with Gasteiger partial charge in [-0.15, -0.1) is 12.3 Å². The smallest absolute Gasteiger partial charge is 0.267 e. The molecule has 1 aromatic carbocycles. The molecule has 3 amide bonds. The third kappa shape index (κ3) is 7.33. The number of nitrogens with one attached hydrogen (secondary N) is 2. The van der Waals surface area contributed by atoms with Crippen molar-refractivity contribution in [2.24, 2.45) is 0 Å². The van der Waals surface area contributed by atoms with Gasteiger partial charge in [-0.25, -0.2) is 8.78 Å². The first-order chi connectivity index (χ1) is 17.2. The van der Waals surface area contributed by atoms with E-state index in [1.165, 1.54) is 6.20 Å². The Hall–Kier alpha value is -3.84. The van der Waals surface area contributed by atoms with E-state index in [9.17, 15) is 28.3 Å². The zero-order valence-electron chi connectivity index (χ0n) is 19.6. The summed E-state index contributed by atoms with van der Waals surface area (Å²) in [5.41, 5.74) is 1.37. The molecule has 10 heteroatoms. The Morgan fingerprint density at radius 3 is 2.58 bits per heavy atom. The first-order valence-electron chi connectivity index (χ1n) is 11.5. The maximum absolute atomic E-state index is 14.3. The van der Waals surface area contributed by atoms with Crippen LogP contribution in [0.4, 0.5) is 8.78 Å². The molecule has 0 spiro atoms. The first kappa shape index (κ1) is 26.8. The maximum Gasteiger partial charge on any atom is 0.267 e. The van der Waals surface area contributed by atoms with Gasteiger partial charge in [-0.3, -0.25) is 19.4 Å². The molecule has 36 heavy (non-hydrogen) atoms. The maximum atomic E-state index is 14.3. The van der Waals surface area contributed by atoms with Gasteiger partial charge in [-0.2, -0.15) is 0 Å². The third-order valence-corrected chi connectivity index (χ3v) is 5.82. The van der Waals surface area contributed by atoms with Crippen molar-refractivity contribution < 1.29 is 28.3 Å². The van der Waals surface area contributed by atoms with Gasteiger partial charge in [0.2, 0.25) is 11.8 Å². The molecule has 3 atom stereocenters. The average molecular weight is 499 g/mol. The normalized spacial score (nSPS) is 18.1. The number of terminal acetylenes is 1. The first-order valence-corrected chi connectivity index (χ1v) is 11.5. The Balaban J connectivity index is 1.75. The number of carbonyl (C=O) groups is 3. The molecule has 3 rings (SSSR count). The molecule has 1 fully saturated rings. The van der Waals surface area contributed by atoms with Gasteiger partial charge in [0.15, 0.2) is 6.10 Å². The highest BCUT2D eigenvalue weighted by atomic mass is 19.3. The van der Waals surface area contributed by atoms with E-state index in [1.807, 2.05) is 0 Å². The SMILES string of the molecule is C#CCCC(=O)NC(Cc1ccccc1)C(O)C(=O)N1CC(F)(F)CC1C(=O)NCc1cccnc1. The zero-order chi connectivity index (χ0) is 26.1.